The van der Waals surface area contributed by atoms with Crippen molar-refractivity contribution in [2.24, 2.45) is 0 Å². The number of rotatable bonds is 4. The predicted molar refractivity (Wildman–Crippen MR) is 182 cm³/mol. The summed E-state index contributed by atoms with van der Waals surface area (Å²) in [6.07, 6.45) is 5.58. The number of pyridine rings is 1. The molecule has 9 aromatic rings. The van der Waals surface area contributed by atoms with Gasteiger partial charge in [0.05, 0.1) is 16.7 Å². The fourth-order valence-electron chi connectivity index (χ4n) is 6.44. The van der Waals surface area contributed by atoms with Crippen LogP contribution in [0.5, 0.6) is 0 Å². The molecule has 0 atom stereocenters. The molecule has 9 rings (SSSR count). The van der Waals surface area contributed by atoms with E-state index in [4.69, 9.17) is 14.4 Å². The molecule has 0 fully saturated rings. The number of fused-ring (bicyclic) bond motifs is 6. The molecule has 0 aliphatic carbocycles. The third-order valence-electron chi connectivity index (χ3n) is 8.63. The highest BCUT2D eigenvalue weighted by molar-refractivity contribution is 6.11. The van der Waals surface area contributed by atoms with Crippen LogP contribution in [0.25, 0.3) is 83.2 Å². The number of para-hydroxylation sites is 2. The minimum absolute atomic E-state index is 0.624. The molecule has 0 aliphatic heterocycles. The number of hydrogen-bond acceptors (Lipinski definition) is 4. The van der Waals surface area contributed by atoms with Crippen LogP contribution in [0, 0.1) is 6.92 Å². The highest BCUT2D eigenvalue weighted by atomic mass is 16.3. The maximum Gasteiger partial charge on any atom is 0.234 e. The second-order valence-electron chi connectivity index (χ2n) is 11.5. The summed E-state index contributed by atoms with van der Waals surface area (Å²) in [4.78, 5) is 14.3. The van der Waals surface area contributed by atoms with Gasteiger partial charge in [-0.05, 0) is 77.7 Å². The van der Waals surface area contributed by atoms with E-state index in [1.165, 1.54) is 11.1 Å². The summed E-state index contributed by atoms with van der Waals surface area (Å²) in [6, 6.07) is 42.3. The van der Waals surface area contributed by atoms with E-state index >= 15 is 0 Å². The highest BCUT2D eigenvalue weighted by Crippen LogP contribution is 2.37. The van der Waals surface area contributed by atoms with Crippen molar-refractivity contribution >= 4 is 43.7 Å². The molecule has 4 aromatic heterocycles. The molecule has 5 nitrogen and oxygen atoms in total. The average Bonchev–Trinajstić information content (AvgIpc) is 3.63. The van der Waals surface area contributed by atoms with Crippen LogP contribution < -0.4 is 0 Å². The Kier molecular flexibility index (Phi) is 5.65. The van der Waals surface area contributed by atoms with Gasteiger partial charge in [0.15, 0.2) is 0 Å². The van der Waals surface area contributed by atoms with Gasteiger partial charge in [0, 0.05) is 45.7 Å². The molecule has 0 spiro atoms. The third kappa shape index (κ3) is 4.20. The number of nitrogens with zero attached hydrogens (tertiary/aromatic N) is 4. The Bertz CT molecular complexity index is 2560. The quantitative estimate of drug-likeness (QED) is 0.208. The lowest BCUT2D eigenvalue weighted by molar-refractivity contribution is 0.669. The van der Waals surface area contributed by atoms with E-state index in [0.29, 0.717) is 5.95 Å². The molecule has 5 heteroatoms. The lowest BCUT2D eigenvalue weighted by Crippen LogP contribution is -2.01. The zero-order valence-electron chi connectivity index (χ0n) is 24.5. The molecule has 0 unspecified atom stereocenters. The Balaban J connectivity index is 1.13. The number of hydrogen-bond donors (Lipinski definition) is 0. The second-order valence-corrected chi connectivity index (χ2v) is 11.5. The average molecular weight is 579 g/mol. The molecule has 45 heavy (non-hydrogen) atoms. The Hall–Kier alpha value is -6.07. The smallest absolute Gasteiger partial charge is 0.234 e. The van der Waals surface area contributed by atoms with Crippen LogP contribution in [0.2, 0.25) is 0 Å². The summed E-state index contributed by atoms with van der Waals surface area (Å²) in [6.45, 7) is 2.11. The minimum atomic E-state index is 0.624. The maximum absolute atomic E-state index is 6.07. The lowest BCUT2D eigenvalue weighted by atomic mass is 10.0. The van der Waals surface area contributed by atoms with Crippen LogP contribution in [-0.4, -0.2) is 19.5 Å². The van der Waals surface area contributed by atoms with Gasteiger partial charge in [-0.3, -0.25) is 9.55 Å². The van der Waals surface area contributed by atoms with Crippen molar-refractivity contribution in [3.05, 3.63) is 145 Å². The zero-order chi connectivity index (χ0) is 29.9. The summed E-state index contributed by atoms with van der Waals surface area (Å²) >= 11 is 0. The molecule has 212 valence electrons. The van der Waals surface area contributed by atoms with E-state index in [9.17, 15) is 0 Å². The van der Waals surface area contributed by atoms with Gasteiger partial charge in [-0.25, -0.2) is 9.97 Å². The number of benzene rings is 5. The first-order valence-corrected chi connectivity index (χ1v) is 15.0. The third-order valence-corrected chi connectivity index (χ3v) is 8.63. The summed E-state index contributed by atoms with van der Waals surface area (Å²) in [5.41, 5.74) is 11.4. The minimum Gasteiger partial charge on any atom is -0.456 e. The predicted octanol–water partition coefficient (Wildman–Crippen LogP) is 10.2. The zero-order valence-corrected chi connectivity index (χ0v) is 24.5. The topological polar surface area (TPSA) is 56.7 Å². The molecule has 0 N–H and O–H groups in total. The summed E-state index contributed by atoms with van der Waals surface area (Å²) < 4.78 is 8.21. The number of aromatic nitrogens is 4. The van der Waals surface area contributed by atoms with Crippen LogP contribution in [0.3, 0.4) is 0 Å². The Morgan fingerprint density at radius 1 is 0.489 bits per heavy atom. The molecule has 5 aromatic carbocycles. The molecule has 0 amide bonds. The van der Waals surface area contributed by atoms with E-state index in [1.807, 2.05) is 36.8 Å². The molecule has 0 saturated carbocycles. The Morgan fingerprint density at radius 3 is 2.04 bits per heavy atom. The van der Waals surface area contributed by atoms with Crippen LogP contribution in [-0.2, 0) is 0 Å². The van der Waals surface area contributed by atoms with Gasteiger partial charge in [0.2, 0.25) is 5.95 Å². The van der Waals surface area contributed by atoms with Crippen molar-refractivity contribution in [1.82, 2.24) is 19.5 Å². The second kappa shape index (κ2) is 10.00. The fourth-order valence-corrected chi connectivity index (χ4v) is 6.44. The van der Waals surface area contributed by atoms with Crippen LogP contribution in [0.1, 0.15) is 5.56 Å². The van der Waals surface area contributed by atoms with Gasteiger partial charge in [-0.1, -0.05) is 78.4 Å². The standard InChI is InChI=1S/C40H26N4O/c1-25-7-6-8-26(19-25)29-17-18-41-35(22-29)30-23-42-40(43-24-30)44-36-11-4-2-9-31(36)33-20-27(13-15-37(33)44)28-14-16-39-34(21-28)32-10-3-5-12-38(32)45-39/h2-24H,1H3. The van der Waals surface area contributed by atoms with Crippen LogP contribution >= 0.6 is 0 Å². The highest BCUT2D eigenvalue weighted by Gasteiger charge is 2.16. The first-order valence-electron chi connectivity index (χ1n) is 15.0. The van der Waals surface area contributed by atoms with Crippen molar-refractivity contribution in [2.45, 2.75) is 6.92 Å². The van der Waals surface area contributed by atoms with Crippen LogP contribution in [0.15, 0.2) is 144 Å². The van der Waals surface area contributed by atoms with Gasteiger partial charge in [0.25, 0.3) is 0 Å². The van der Waals surface area contributed by atoms with E-state index in [0.717, 1.165) is 71.7 Å². The summed E-state index contributed by atoms with van der Waals surface area (Å²) in [7, 11) is 0. The number of aryl methyl sites for hydroxylation is 1. The first kappa shape index (κ1) is 25.4. The summed E-state index contributed by atoms with van der Waals surface area (Å²) in [5.74, 6) is 0.624. The van der Waals surface area contributed by atoms with Crippen molar-refractivity contribution in [3.8, 4) is 39.5 Å². The fraction of sp³-hybridized carbons (Fsp3) is 0.0250. The van der Waals surface area contributed by atoms with E-state index in [2.05, 4.69) is 120 Å². The monoisotopic (exact) mass is 578 g/mol. The first-order chi connectivity index (χ1) is 22.2. The molecular formula is C40H26N4O. The van der Waals surface area contributed by atoms with Crippen molar-refractivity contribution in [3.63, 3.8) is 0 Å². The largest absolute Gasteiger partial charge is 0.456 e. The van der Waals surface area contributed by atoms with Gasteiger partial charge in [-0.15, -0.1) is 0 Å². The van der Waals surface area contributed by atoms with Gasteiger partial charge in [0.1, 0.15) is 11.2 Å². The van der Waals surface area contributed by atoms with Gasteiger partial charge < -0.3 is 4.42 Å². The van der Waals surface area contributed by atoms with E-state index < -0.39 is 0 Å². The van der Waals surface area contributed by atoms with Crippen molar-refractivity contribution < 1.29 is 4.42 Å². The Labute approximate surface area is 259 Å². The molecule has 0 aliphatic rings. The molecule has 0 saturated heterocycles. The molecule has 0 radical (unpaired) electrons. The van der Waals surface area contributed by atoms with E-state index in [-0.39, 0.29) is 0 Å². The normalized spacial score (nSPS) is 11.7. The Morgan fingerprint density at radius 2 is 1.18 bits per heavy atom. The SMILES string of the molecule is Cc1cccc(-c2ccnc(-c3cnc(-n4c5ccccc5c5cc(-c6ccc7oc8ccccc8c7c6)ccc54)nc3)c2)c1. The summed E-state index contributed by atoms with van der Waals surface area (Å²) in [5, 5.41) is 4.56. The van der Waals surface area contributed by atoms with Gasteiger partial charge >= 0.3 is 0 Å². The van der Waals surface area contributed by atoms with Crippen LogP contribution in [0.4, 0.5) is 0 Å². The van der Waals surface area contributed by atoms with Crippen molar-refractivity contribution in [2.75, 3.05) is 0 Å². The van der Waals surface area contributed by atoms with E-state index in [1.54, 1.807) is 0 Å². The molecular weight excluding hydrogens is 552 g/mol. The maximum atomic E-state index is 6.07. The molecule has 4 heterocycles. The van der Waals surface area contributed by atoms with Gasteiger partial charge in [-0.2, -0.15) is 0 Å². The van der Waals surface area contributed by atoms with Crippen molar-refractivity contribution in [1.29, 1.82) is 0 Å². The molecule has 0 bridgehead atoms. The number of furan rings is 1. The lowest BCUT2D eigenvalue weighted by Gasteiger charge is -2.09.